The van der Waals surface area contributed by atoms with Crippen LogP contribution in [0.4, 0.5) is 18.3 Å². The van der Waals surface area contributed by atoms with Gasteiger partial charge in [0.25, 0.3) is 0 Å². The smallest absolute Gasteiger partial charge is 0.360 e. The number of pyridine rings is 1. The second kappa shape index (κ2) is 4.89. The highest BCUT2D eigenvalue weighted by Gasteiger charge is 2.34. The number of rotatable bonds is 3. The van der Waals surface area contributed by atoms with Crippen LogP contribution in [0.3, 0.4) is 0 Å². The Morgan fingerprint density at radius 2 is 2.11 bits per heavy atom. The molecule has 0 bridgehead atoms. The Labute approximate surface area is 105 Å². The van der Waals surface area contributed by atoms with Crippen molar-refractivity contribution in [2.24, 2.45) is 0 Å². The summed E-state index contributed by atoms with van der Waals surface area (Å²) in [4.78, 5) is 3.71. The van der Waals surface area contributed by atoms with Gasteiger partial charge in [0.2, 0.25) is 5.13 Å². The fourth-order valence-corrected chi connectivity index (χ4v) is 2.20. The van der Waals surface area contributed by atoms with Crippen molar-refractivity contribution in [3.05, 3.63) is 24.0 Å². The van der Waals surface area contributed by atoms with E-state index in [1.807, 2.05) is 6.92 Å². The molecule has 4 nitrogen and oxygen atoms in total. The zero-order chi connectivity index (χ0) is 13.2. The molecule has 0 radical (unpaired) electrons. The highest BCUT2D eigenvalue weighted by atomic mass is 32.1. The molecule has 2 aromatic rings. The van der Waals surface area contributed by atoms with Gasteiger partial charge in [0, 0.05) is 24.5 Å². The highest BCUT2D eigenvalue weighted by Crippen LogP contribution is 2.37. The Morgan fingerprint density at radius 3 is 2.78 bits per heavy atom. The molecule has 96 valence electrons. The van der Waals surface area contributed by atoms with Crippen LogP contribution in [0.5, 0.6) is 0 Å². The summed E-state index contributed by atoms with van der Waals surface area (Å²) in [6.07, 6.45) is -2.17. The third-order valence-corrected chi connectivity index (χ3v) is 3.02. The van der Waals surface area contributed by atoms with Crippen molar-refractivity contribution >= 4 is 16.5 Å². The third-order valence-electron chi connectivity index (χ3n) is 2.11. The Hall–Kier alpha value is -1.70. The van der Waals surface area contributed by atoms with E-state index in [0.29, 0.717) is 11.7 Å². The molecule has 2 rings (SSSR count). The zero-order valence-electron chi connectivity index (χ0n) is 9.32. The number of anilines is 1. The molecule has 0 unspecified atom stereocenters. The number of alkyl halides is 3. The molecule has 8 heteroatoms. The average molecular weight is 274 g/mol. The third kappa shape index (κ3) is 2.58. The molecular formula is C10H9F3N4S. The van der Waals surface area contributed by atoms with Crippen LogP contribution in [0.2, 0.25) is 0 Å². The first-order valence-electron chi connectivity index (χ1n) is 5.11. The molecule has 0 aromatic carbocycles. The first-order valence-corrected chi connectivity index (χ1v) is 5.93. The molecule has 2 aromatic heterocycles. The maximum atomic E-state index is 12.8. The van der Waals surface area contributed by atoms with Crippen molar-refractivity contribution in [1.82, 2.24) is 15.2 Å². The monoisotopic (exact) mass is 274 g/mol. The topological polar surface area (TPSA) is 50.7 Å². The van der Waals surface area contributed by atoms with E-state index in [9.17, 15) is 13.2 Å². The van der Waals surface area contributed by atoms with E-state index in [4.69, 9.17) is 0 Å². The minimum atomic E-state index is -4.43. The predicted octanol–water partition coefficient (Wildman–Crippen LogP) is 3.05. The van der Waals surface area contributed by atoms with Gasteiger partial charge in [-0.2, -0.15) is 13.2 Å². The summed E-state index contributed by atoms with van der Waals surface area (Å²) in [6, 6.07) is 0.934. The van der Waals surface area contributed by atoms with E-state index < -0.39 is 11.7 Å². The SMILES string of the molecule is CCNc1nnc(-c2cnccc2C(F)(F)F)s1. The standard InChI is InChI=1S/C10H9F3N4S/c1-2-15-9-17-16-8(18-9)6-5-14-4-3-7(6)10(11,12)13/h3-5H,2H2,1H3,(H,15,17). The fraction of sp³-hybridized carbons (Fsp3) is 0.300. The molecule has 0 saturated carbocycles. The van der Waals surface area contributed by atoms with Gasteiger partial charge in [0.15, 0.2) is 5.01 Å². The first-order chi connectivity index (χ1) is 8.52. The van der Waals surface area contributed by atoms with Crippen LogP contribution in [0.1, 0.15) is 12.5 Å². The summed E-state index contributed by atoms with van der Waals surface area (Å²) in [7, 11) is 0. The van der Waals surface area contributed by atoms with Crippen molar-refractivity contribution in [3.63, 3.8) is 0 Å². The molecule has 0 atom stereocenters. The summed E-state index contributed by atoms with van der Waals surface area (Å²) in [5, 5.41) is 11.1. The number of nitrogens with zero attached hydrogens (tertiary/aromatic N) is 3. The van der Waals surface area contributed by atoms with Gasteiger partial charge in [0.05, 0.1) is 5.56 Å². The van der Waals surface area contributed by atoms with Gasteiger partial charge in [0.1, 0.15) is 0 Å². The maximum absolute atomic E-state index is 12.8. The van der Waals surface area contributed by atoms with Gasteiger partial charge in [-0.1, -0.05) is 11.3 Å². The lowest BCUT2D eigenvalue weighted by Crippen LogP contribution is -2.07. The van der Waals surface area contributed by atoms with E-state index >= 15 is 0 Å². The van der Waals surface area contributed by atoms with Crippen LogP contribution in [0.15, 0.2) is 18.5 Å². The van der Waals surface area contributed by atoms with E-state index in [1.165, 1.54) is 0 Å². The molecule has 0 aliphatic rings. The maximum Gasteiger partial charge on any atom is 0.417 e. The Bertz CT molecular complexity index is 538. The number of hydrogen-bond donors (Lipinski definition) is 1. The molecule has 0 spiro atoms. The number of aromatic nitrogens is 3. The minimum absolute atomic E-state index is 0.0494. The second-order valence-electron chi connectivity index (χ2n) is 3.36. The molecule has 0 aliphatic carbocycles. The van der Waals surface area contributed by atoms with Crippen LogP contribution < -0.4 is 5.32 Å². The van der Waals surface area contributed by atoms with Crippen molar-refractivity contribution in [2.45, 2.75) is 13.1 Å². The van der Waals surface area contributed by atoms with Gasteiger partial charge in [-0.25, -0.2) is 0 Å². The average Bonchev–Trinajstić information content (AvgIpc) is 2.77. The van der Waals surface area contributed by atoms with Crippen LogP contribution >= 0.6 is 11.3 Å². The summed E-state index contributed by atoms with van der Waals surface area (Å²) in [5.74, 6) is 0. The van der Waals surface area contributed by atoms with E-state index in [2.05, 4.69) is 20.5 Å². The van der Waals surface area contributed by atoms with Crippen molar-refractivity contribution in [2.75, 3.05) is 11.9 Å². The predicted molar refractivity (Wildman–Crippen MR) is 62.3 cm³/mol. The summed E-state index contributed by atoms with van der Waals surface area (Å²) < 4.78 is 38.4. The van der Waals surface area contributed by atoms with E-state index in [1.54, 1.807) is 0 Å². The van der Waals surface area contributed by atoms with Gasteiger partial charge < -0.3 is 5.32 Å². The molecule has 0 fully saturated rings. The summed E-state index contributed by atoms with van der Waals surface area (Å²) in [5.41, 5.74) is -0.802. The van der Waals surface area contributed by atoms with Crippen LogP contribution in [-0.2, 0) is 6.18 Å². The fourth-order valence-electron chi connectivity index (χ4n) is 1.37. The molecule has 2 heterocycles. The van der Waals surface area contributed by atoms with Gasteiger partial charge >= 0.3 is 6.18 Å². The second-order valence-corrected chi connectivity index (χ2v) is 4.34. The van der Waals surface area contributed by atoms with Crippen molar-refractivity contribution in [3.8, 4) is 10.6 Å². The lowest BCUT2D eigenvalue weighted by Gasteiger charge is -2.09. The molecule has 1 N–H and O–H groups in total. The lowest BCUT2D eigenvalue weighted by molar-refractivity contribution is -0.137. The van der Waals surface area contributed by atoms with Crippen LogP contribution in [-0.4, -0.2) is 21.7 Å². The number of halogens is 3. The van der Waals surface area contributed by atoms with Gasteiger partial charge in [-0.15, -0.1) is 10.2 Å². The molecule has 18 heavy (non-hydrogen) atoms. The number of nitrogens with one attached hydrogen (secondary N) is 1. The largest absolute Gasteiger partial charge is 0.417 e. The van der Waals surface area contributed by atoms with Crippen LogP contribution in [0.25, 0.3) is 10.6 Å². The van der Waals surface area contributed by atoms with Crippen molar-refractivity contribution in [1.29, 1.82) is 0 Å². The lowest BCUT2D eigenvalue weighted by atomic mass is 10.1. The summed E-state index contributed by atoms with van der Waals surface area (Å²) in [6.45, 7) is 2.50. The Kier molecular flexibility index (Phi) is 3.46. The highest BCUT2D eigenvalue weighted by molar-refractivity contribution is 7.18. The summed E-state index contributed by atoms with van der Waals surface area (Å²) >= 11 is 1.07. The van der Waals surface area contributed by atoms with Crippen molar-refractivity contribution < 1.29 is 13.2 Å². The van der Waals surface area contributed by atoms with Gasteiger partial charge in [-0.05, 0) is 13.0 Å². The molecule has 0 amide bonds. The minimum Gasteiger partial charge on any atom is -0.360 e. The first kappa shape index (κ1) is 12.7. The quantitative estimate of drug-likeness (QED) is 0.934. The molecular weight excluding hydrogens is 265 g/mol. The molecule has 0 aliphatic heterocycles. The van der Waals surface area contributed by atoms with Crippen LogP contribution in [0, 0.1) is 0 Å². The normalized spacial score (nSPS) is 11.6. The number of hydrogen-bond acceptors (Lipinski definition) is 5. The van der Waals surface area contributed by atoms with E-state index in [0.717, 1.165) is 29.8 Å². The van der Waals surface area contributed by atoms with Gasteiger partial charge in [-0.3, -0.25) is 4.98 Å². The Balaban J connectivity index is 2.43. The van der Waals surface area contributed by atoms with E-state index in [-0.39, 0.29) is 10.6 Å². The Morgan fingerprint density at radius 1 is 1.33 bits per heavy atom. The molecule has 0 saturated heterocycles. The zero-order valence-corrected chi connectivity index (χ0v) is 10.1.